The smallest absolute Gasteiger partial charge is 0.221 e. The largest absolute Gasteiger partial charge is 0.457 e. The number of benzene rings is 2. The van der Waals surface area contributed by atoms with Crippen molar-refractivity contribution in [2.75, 3.05) is 0 Å². The average molecular weight is 389 g/mol. The average Bonchev–Trinajstić information content (AvgIpc) is 3.37. The van der Waals surface area contributed by atoms with E-state index in [9.17, 15) is 4.79 Å². The number of carbonyl (C=O) groups excluding carboxylic acids is 1. The standard InChI is InChI=1S/C24H17ClO3/c1-16-2-4-17(5-3-16)22-13-11-20(27-22)10-12-21(26)24-15-14-23(28-24)18-6-8-19(25)9-7-18/h2-15H,1H3. The van der Waals surface area contributed by atoms with E-state index >= 15 is 0 Å². The maximum absolute atomic E-state index is 12.4. The minimum Gasteiger partial charge on any atom is -0.457 e. The number of hydrogen-bond donors (Lipinski definition) is 0. The molecule has 0 aliphatic heterocycles. The van der Waals surface area contributed by atoms with Crippen LogP contribution in [0.5, 0.6) is 0 Å². The first-order chi connectivity index (χ1) is 13.6. The summed E-state index contributed by atoms with van der Waals surface area (Å²) in [6, 6.07) is 22.5. The molecule has 28 heavy (non-hydrogen) atoms. The Hall–Kier alpha value is -3.30. The third-order valence-electron chi connectivity index (χ3n) is 4.34. The van der Waals surface area contributed by atoms with Crippen LogP contribution >= 0.6 is 11.6 Å². The van der Waals surface area contributed by atoms with Gasteiger partial charge in [0.25, 0.3) is 0 Å². The molecule has 0 spiro atoms. The van der Waals surface area contributed by atoms with Crippen LogP contribution in [-0.2, 0) is 0 Å². The minimum absolute atomic E-state index is 0.228. The van der Waals surface area contributed by atoms with Gasteiger partial charge in [-0.25, -0.2) is 0 Å². The highest BCUT2D eigenvalue weighted by Gasteiger charge is 2.10. The molecule has 0 amide bonds. The summed E-state index contributed by atoms with van der Waals surface area (Å²) in [6.45, 7) is 2.04. The first kappa shape index (κ1) is 18.1. The van der Waals surface area contributed by atoms with Crippen molar-refractivity contribution in [1.29, 1.82) is 0 Å². The number of aryl methyl sites for hydroxylation is 1. The molecule has 0 aliphatic carbocycles. The molecule has 0 unspecified atom stereocenters. The number of furan rings is 2. The molecule has 2 heterocycles. The first-order valence-electron chi connectivity index (χ1n) is 8.83. The van der Waals surface area contributed by atoms with Gasteiger partial charge >= 0.3 is 0 Å². The molecule has 0 saturated heterocycles. The van der Waals surface area contributed by atoms with Crippen LogP contribution in [0.3, 0.4) is 0 Å². The van der Waals surface area contributed by atoms with Crippen molar-refractivity contribution in [2.45, 2.75) is 6.92 Å². The highest BCUT2D eigenvalue weighted by atomic mass is 35.5. The lowest BCUT2D eigenvalue weighted by Crippen LogP contribution is -1.90. The Kier molecular flexibility index (Phi) is 5.00. The summed E-state index contributed by atoms with van der Waals surface area (Å²) in [7, 11) is 0. The van der Waals surface area contributed by atoms with Gasteiger partial charge in [-0.1, -0.05) is 41.4 Å². The third-order valence-corrected chi connectivity index (χ3v) is 4.59. The van der Waals surface area contributed by atoms with E-state index in [4.69, 9.17) is 20.4 Å². The molecule has 2 aromatic carbocycles. The second-order valence-corrected chi connectivity index (χ2v) is 6.87. The number of rotatable bonds is 5. The van der Waals surface area contributed by atoms with Crippen molar-refractivity contribution in [3.05, 3.63) is 101 Å². The summed E-state index contributed by atoms with van der Waals surface area (Å²) < 4.78 is 11.5. The van der Waals surface area contributed by atoms with Crippen molar-refractivity contribution >= 4 is 23.5 Å². The van der Waals surface area contributed by atoms with E-state index in [-0.39, 0.29) is 11.5 Å². The van der Waals surface area contributed by atoms with Gasteiger partial charge in [-0.15, -0.1) is 0 Å². The topological polar surface area (TPSA) is 43.4 Å². The van der Waals surface area contributed by atoms with Crippen molar-refractivity contribution < 1.29 is 13.6 Å². The Morgan fingerprint density at radius 2 is 1.39 bits per heavy atom. The molecular weight excluding hydrogens is 372 g/mol. The van der Waals surface area contributed by atoms with E-state index in [1.54, 1.807) is 30.3 Å². The van der Waals surface area contributed by atoms with Crippen molar-refractivity contribution in [2.24, 2.45) is 0 Å². The minimum atomic E-state index is -0.228. The molecule has 4 heteroatoms. The molecule has 4 rings (SSSR count). The van der Waals surface area contributed by atoms with Gasteiger partial charge in [0, 0.05) is 16.1 Å². The van der Waals surface area contributed by atoms with Crippen LogP contribution in [-0.4, -0.2) is 5.78 Å². The molecule has 0 radical (unpaired) electrons. The van der Waals surface area contributed by atoms with E-state index in [0.29, 0.717) is 16.5 Å². The molecule has 0 N–H and O–H groups in total. The number of ketones is 1. The molecule has 0 bridgehead atoms. The van der Waals surface area contributed by atoms with Gasteiger partial charge in [-0.2, -0.15) is 0 Å². The maximum atomic E-state index is 12.4. The molecule has 0 saturated carbocycles. The second-order valence-electron chi connectivity index (χ2n) is 6.44. The number of carbonyl (C=O) groups is 1. The Morgan fingerprint density at radius 1 is 0.786 bits per heavy atom. The maximum Gasteiger partial charge on any atom is 0.221 e. The summed E-state index contributed by atoms with van der Waals surface area (Å²) >= 11 is 5.90. The van der Waals surface area contributed by atoms with Crippen LogP contribution in [0.15, 0.2) is 87.7 Å². The van der Waals surface area contributed by atoms with Gasteiger partial charge in [0.2, 0.25) is 5.78 Å². The molecule has 3 nitrogen and oxygen atoms in total. The molecule has 138 valence electrons. The van der Waals surface area contributed by atoms with Gasteiger partial charge in [-0.3, -0.25) is 4.79 Å². The molecular formula is C24H17ClO3. The fourth-order valence-electron chi connectivity index (χ4n) is 2.79. The SMILES string of the molecule is Cc1ccc(-c2ccc(C=CC(=O)c3ccc(-c4ccc(Cl)cc4)o3)o2)cc1. The van der Waals surface area contributed by atoms with Crippen LogP contribution in [0.1, 0.15) is 21.9 Å². The highest BCUT2D eigenvalue weighted by molar-refractivity contribution is 6.30. The number of allylic oxidation sites excluding steroid dienone is 1. The van der Waals surface area contributed by atoms with Crippen molar-refractivity contribution in [3.63, 3.8) is 0 Å². The summed E-state index contributed by atoms with van der Waals surface area (Å²) in [5.74, 6) is 2.02. The Labute approximate surface area is 167 Å². The van der Waals surface area contributed by atoms with Crippen LogP contribution in [0.25, 0.3) is 28.7 Å². The highest BCUT2D eigenvalue weighted by Crippen LogP contribution is 2.25. The summed E-state index contributed by atoms with van der Waals surface area (Å²) in [4.78, 5) is 12.4. The van der Waals surface area contributed by atoms with Gasteiger partial charge in [0.05, 0.1) is 0 Å². The summed E-state index contributed by atoms with van der Waals surface area (Å²) in [5.41, 5.74) is 3.05. The Bertz CT molecular complexity index is 1130. The van der Waals surface area contributed by atoms with Crippen LogP contribution < -0.4 is 0 Å². The van der Waals surface area contributed by atoms with Gasteiger partial charge in [0.1, 0.15) is 17.3 Å². The van der Waals surface area contributed by atoms with Gasteiger partial charge < -0.3 is 8.83 Å². The second kappa shape index (κ2) is 7.75. The molecule has 4 aromatic rings. The van der Waals surface area contributed by atoms with E-state index < -0.39 is 0 Å². The lowest BCUT2D eigenvalue weighted by Gasteiger charge is -1.97. The Balaban J connectivity index is 1.47. The normalized spacial score (nSPS) is 11.2. The van der Waals surface area contributed by atoms with E-state index in [1.165, 1.54) is 11.6 Å². The third kappa shape index (κ3) is 4.00. The van der Waals surface area contributed by atoms with Crippen LogP contribution in [0.4, 0.5) is 0 Å². The monoisotopic (exact) mass is 388 g/mol. The predicted molar refractivity (Wildman–Crippen MR) is 111 cm³/mol. The fourth-order valence-corrected chi connectivity index (χ4v) is 2.92. The lowest BCUT2D eigenvalue weighted by molar-refractivity contribution is 0.102. The Morgan fingerprint density at radius 3 is 2.11 bits per heavy atom. The summed E-state index contributed by atoms with van der Waals surface area (Å²) in [6.07, 6.45) is 3.09. The quantitative estimate of drug-likeness (QED) is 0.271. The summed E-state index contributed by atoms with van der Waals surface area (Å²) in [5, 5.41) is 0.651. The van der Waals surface area contributed by atoms with E-state index in [2.05, 4.69) is 0 Å². The number of hydrogen-bond acceptors (Lipinski definition) is 3. The van der Waals surface area contributed by atoms with Crippen LogP contribution in [0.2, 0.25) is 5.02 Å². The lowest BCUT2D eigenvalue weighted by atomic mass is 10.1. The van der Waals surface area contributed by atoms with Gasteiger partial charge in [0.15, 0.2) is 5.76 Å². The van der Waals surface area contributed by atoms with E-state index in [0.717, 1.165) is 16.9 Å². The zero-order valence-electron chi connectivity index (χ0n) is 15.2. The van der Waals surface area contributed by atoms with Gasteiger partial charge in [-0.05, 0) is 67.6 Å². The predicted octanol–water partition coefficient (Wildman–Crippen LogP) is 7.06. The molecule has 2 aromatic heterocycles. The first-order valence-corrected chi connectivity index (χ1v) is 9.21. The van der Waals surface area contributed by atoms with Crippen LogP contribution in [0, 0.1) is 6.92 Å². The molecule has 0 atom stereocenters. The van der Waals surface area contributed by atoms with Crippen molar-refractivity contribution in [1.82, 2.24) is 0 Å². The zero-order valence-corrected chi connectivity index (χ0v) is 15.9. The van der Waals surface area contributed by atoms with Crippen molar-refractivity contribution in [3.8, 4) is 22.6 Å². The fraction of sp³-hybridized carbons (Fsp3) is 0.0417. The zero-order chi connectivity index (χ0) is 19.5. The van der Waals surface area contributed by atoms with E-state index in [1.807, 2.05) is 55.5 Å². The molecule has 0 aliphatic rings. The number of halogens is 1. The molecule has 0 fully saturated rings.